The summed E-state index contributed by atoms with van der Waals surface area (Å²) in [5.41, 5.74) is 9.59. The van der Waals surface area contributed by atoms with Crippen LogP contribution in [0.4, 0.5) is 5.82 Å². The Morgan fingerprint density at radius 3 is 2.29 bits per heavy atom. The highest BCUT2D eigenvalue weighted by atomic mass is 35.5. The number of hydrogen-bond donors (Lipinski definition) is 2. The number of carbonyl (C=O) groups excluding carboxylic acids is 1. The molecule has 5 rings (SSSR count). The molecule has 1 aromatic heterocycles. The third-order valence-corrected chi connectivity index (χ3v) is 6.85. The van der Waals surface area contributed by atoms with Crippen molar-refractivity contribution >= 4 is 23.3 Å². The summed E-state index contributed by atoms with van der Waals surface area (Å²) in [4.78, 5) is 14.9. The summed E-state index contributed by atoms with van der Waals surface area (Å²) in [6, 6.07) is 26.5. The average molecular weight is 487 g/mol. The Hall–Kier alpha value is -3.61. The Labute approximate surface area is 209 Å². The van der Waals surface area contributed by atoms with Gasteiger partial charge in [0.05, 0.1) is 17.0 Å². The number of halogens is 1. The number of carbonyl (C=O) groups is 1. The Morgan fingerprint density at radius 2 is 1.63 bits per heavy atom. The maximum atomic E-state index is 13.1. The number of amides is 1. The molecule has 178 valence electrons. The highest BCUT2D eigenvalue weighted by molar-refractivity contribution is 6.30. The summed E-state index contributed by atoms with van der Waals surface area (Å²) >= 11 is 5.98. The second-order valence-corrected chi connectivity index (χ2v) is 9.54. The van der Waals surface area contributed by atoms with Gasteiger partial charge in [0.25, 0.3) is 5.91 Å². The molecule has 0 unspecified atom stereocenters. The molecule has 6 nitrogen and oxygen atoms in total. The van der Waals surface area contributed by atoms with Gasteiger partial charge in [0.15, 0.2) is 0 Å². The van der Waals surface area contributed by atoms with Gasteiger partial charge in [-0.1, -0.05) is 54.1 Å². The van der Waals surface area contributed by atoms with Crippen LogP contribution in [-0.4, -0.2) is 44.4 Å². The molecular weight excluding hydrogens is 460 g/mol. The van der Waals surface area contributed by atoms with Crippen LogP contribution in [0.25, 0.3) is 16.9 Å². The van der Waals surface area contributed by atoms with Gasteiger partial charge in [-0.2, -0.15) is 5.10 Å². The van der Waals surface area contributed by atoms with Crippen LogP contribution in [-0.2, 0) is 6.42 Å². The van der Waals surface area contributed by atoms with Gasteiger partial charge in [-0.05, 0) is 54.8 Å². The van der Waals surface area contributed by atoms with Gasteiger partial charge in [-0.25, -0.2) is 4.68 Å². The first-order chi connectivity index (χ1) is 16.9. The number of likely N-dealkylation sites (tertiary alicyclic amines) is 1. The SMILES string of the molecule is Nc1cc(-c2ccc(Cl)cc2)nn1-c1ccc(C(=O)N2CCC(O)(Cc3ccccc3)CC2)cc1. The molecule has 3 N–H and O–H groups in total. The first-order valence-electron chi connectivity index (χ1n) is 11.7. The van der Waals surface area contributed by atoms with E-state index in [4.69, 9.17) is 17.3 Å². The fourth-order valence-electron chi connectivity index (χ4n) is 4.57. The highest BCUT2D eigenvalue weighted by Crippen LogP contribution is 2.28. The van der Waals surface area contributed by atoms with Crippen LogP contribution in [0.1, 0.15) is 28.8 Å². The number of benzene rings is 3. The molecule has 0 bridgehead atoms. The average Bonchev–Trinajstić information content (AvgIpc) is 3.26. The van der Waals surface area contributed by atoms with E-state index in [9.17, 15) is 9.90 Å². The fourth-order valence-corrected chi connectivity index (χ4v) is 4.70. The normalized spacial score (nSPS) is 15.2. The molecule has 0 saturated carbocycles. The molecule has 3 aromatic carbocycles. The molecule has 1 aliphatic heterocycles. The van der Waals surface area contributed by atoms with E-state index in [1.807, 2.05) is 77.7 Å². The van der Waals surface area contributed by atoms with Crippen molar-refractivity contribution in [3.63, 3.8) is 0 Å². The predicted molar refractivity (Wildman–Crippen MR) is 139 cm³/mol. The summed E-state index contributed by atoms with van der Waals surface area (Å²) in [6.07, 6.45) is 1.72. The first-order valence-corrected chi connectivity index (χ1v) is 12.1. The second kappa shape index (κ2) is 9.56. The maximum absolute atomic E-state index is 13.1. The summed E-state index contributed by atoms with van der Waals surface area (Å²) in [7, 11) is 0. The van der Waals surface area contributed by atoms with Crippen LogP contribution in [0.3, 0.4) is 0 Å². The van der Waals surface area contributed by atoms with E-state index in [0.717, 1.165) is 22.5 Å². The van der Waals surface area contributed by atoms with Crippen molar-refractivity contribution in [2.45, 2.75) is 24.9 Å². The molecule has 35 heavy (non-hydrogen) atoms. The summed E-state index contributed by atoms with van der Waals surface area (Å²) in [5.74, 6) is 0.469. The van der Waals surface area contributed by atoms with Crippen molar-refractivity contribution < 1.29 is 9.90 Å². The Morgan fingerprint density at radius 1 is 0.971 bits per heavy atom. The largest absolute Gasteiger partial charge is 0.389 e. The van der Waals surface area contributed by atoms with Crippen molar-refractivity contribution in [2.24, 2.45) is 0 Å². The molecule has 1 aliphatic rings. The predicted octanol–water partition coefficient (Wildman–Crippen LogP) is 4.98. The lowest BCUT2D eigenvalue weighted by atomic mass is 9.85. The lowest BCUT2D eigenvalue weighted by Gasteiger charge is -2.38. The standard InChI is InChI=1S/C28H27ClN4O2/c29-23-10-6-21(7-11-23)25-18-26(30)33(31-25)24-12-8-22(9-13-24)27(34)32-16-14-28(35,15-17-32)19-20-4-2-1-3-5-20/h1-13,18,35H,14-17,19,30H2. The molecule has 1 fully saturated rings. The van der Waals surface area contributed by atoms with Crippen molar-refractivity contribution in [3.8, 4) is 16.9 Å². The monoisotopic (exact) mass is 486 g/mol. The number of nitrogen functional groups attached to an aromatic ring is 1. The smallest absolute Gasteiger partial charge is 0.253 e. The molecule has 4 aromatic rings. The molecule has 1 saturated heterocycles. The zero-order valence-electron chi connectivity index (χ0n) is 19.3. The van der Waals surface area contributed by atoms with Crippen molar-refractivity contribution in [1.82, 2.24) is 14.7 Å². The number of rotatable bonds is 5. The molecule has 0 radical (unpaired) electrons. The number of hydrogen-bond acceptors (Lipinski definition) is 4. The number of aliphatic hydroxyl groups is 1. The molecular formula is C28H27ClN4O2. The van der Waals surface area contributed by atoms with E-state index in [-0.39, 0.29) is 5.91 Å². The number of nitrogens with zero attached hydrogens (tertiary/aromatic N) is 3. The third-order valence-electron chi connectivity index (χ3n) is 6.59. The van der Waals surface area contributed by atoms with E-state index >= 15 is 0 Å². The van der Waals surface area contributed by atoms with Gasteiger partial charge >= 0.3 is 0 Å². The van der Waals surface area contributed by atoms with Crippen LogP contribution in [0.2, 0.25) is 5.02 Å². The first kappa shape index (κ1) is 23.1. The molecule has 2 heterocycles. The van der Waals surface area contributed by atoms with Gasteiger partial charge in [0.2, 0.25) is 0 Å². The molecule has 7 heteroatoms. The van der Waals surface area contributed by atoms with Crippen LogP contribution >= 0.6 is 11.6 Å². The zero-order chi connectivity index (χ0) is 24.4. The minimum Gasteiger partial charge on any atom is -0.389 e. The second-order valence-electron chi connectivity index (χ2n) is 9.10. The Balaban J connectivity index is 1.25. The van der Waals surface area contributed by atoms with E-state index in [1.54, 1.807) is 16.8 Å². The van der Waals surface area contributed by atoms with Crippen molar-refractivity contribution in [1.29, 1.82) is 0 Å². The van der Waals surface area contributed by atoms with Crippen LogP contribution in [0, 0.1) is 0 Å². The quantitative estimate of drug-likeness (QED) is 0.416. The lowest BCUT2D eigenvalue weighted by Crippen LogP contribution is -2.47. The molecule has 1 amide bonds. The minimum absolute atomic E-state index is 0.0337. The van der Waals surface area contributed by atoms with E-state index in [1.165, 1.54) is 0 Å². The highest BCUT2D eigenvalue weighted by Gasteiger charge is 2.34. The van der Waals surface area contributed by atoms with Gasteiger partial charge < -0.3 is 15.7 Å². The van der Waals surface area contributed by atoms with Gasteiger partial charge in [-0.15, -0.1) is 0 Å². The lowest BCUT2D eigenvalue weighted by molar-refractivity contribution is -0.0162. The van der Waals surface area contributed by atoms with Crippen LogP contribution in [0.5, 0.6) is 0 Å². The Kier molecular flexibility index (Phi) is 6.32. The molecule has 0 aliphatic carbocycles. The summed E-state index contributed by atoms with van der Waals surface area (Å²) in [6.45, 7) is 1.06. The summed E-state index contributed by atoms with van der Waals surface area (Å²) < 4.78 is 1.66. The van der Waals surface area contributed by atoms with Gasteiger partial charge in [0, 0.05) is 41.7 Å². The minimum atomic E-state index is -0.776. The van der Waals surface area contributed by atoms with Crippen LogP contribution < -0.4 is 5.73 Å². The third kappa shape index (κ3) is 5.09. The fraction of sp³-hybridized carbons (Fsp3) is 0.214. The van der Waals surface area contributed by atoms with E-state index < -0.39 is 5.60 Å². The summed E-state index contributed by atoms with van der Waals surface area (Å²) in [5, 5.41) is 16.3. The Bertz CT molecular complexity index is 1310. The number of anilines is 1. The number of piperidine rings is 1. The van der Waals surface area contributed by atoms with E-state index in [2.05, 4.69) is 5.10 Å². The molecule has 0 spiro atoms. The topological polar surface area (TPSA) is 84.4 Å². The molecule has 0 atom stereocenters. The van der Waals surface area contributed by atoms with Crippen molar-refractivity contribution in [2.75, 3.05) is 18.8 Å². The van der Waals surface area contributed by atoms with Gasteiger partial charge in [0.1, 0.15) is 5.82 Å². The van der Waals surface area contributed by atoms with Crippen LogP contribution in [0.15, 0.2) is 84.9 Å². The van der Waals surface area contributed by atoms with E-state index in [0.29, 0.717) is 48.8 Å². The maximum Gasteiger partial charge on any atom is 0.253 e. The zero-order valence-corrected chi connectivity index (χ0v) is 20.0. The van der Waals surface area contributed by atoms with Crippen molar-refractivity contribution in [3.05, 3.63) is 101 Å². The number of nitrogens with two attached hydrogens (primary N) is 1. The van der Waals surface area contributed by atoms with Gasteiger partial charge in [-0.3, -0.25) is 4.79 Å². The number of aromatic nitrogens is 2.